The molecule has 0 unspecified atom stereocenters. The molecule has 8 heteroatoms. The first kappa shape index (κ1) is 19.3. The van der Waals surface area contributed by atoms with E-state index in [9.17, 15) is 19.2 Å². The Labute approximate surface area is 171 Å². The number of hydrogen-bond acceptors (Lipinski definition) is 6. The zero-order chi connectivity index (χ0) is 20.9. The summed E-state index contributed by atoms with van der Waals surface area (Å²) in [4.78, 5) is 56.7. The molecule has 0 spiro atoms. The van der Waals surface area contributed by atoms with Crippen molar-refractivity contribution in [1.29, 1.82) is 0 Å². The predicted octanol–water partition coefficient (Wildman–Crippen LogP) is 3.59. The highest BCUT2D eigenvalue weighted by Crippen LogP contribution is 2.40. The van der Waals surface area contributed by atoms with E-state index < -0.39 is 23.2 Å². The monoisotopic (exact) mass is 412 g/mol. The Morgan fingerprint density at radius 3 is 2.28 bits per heavy atom. The molecule has 0 fully saturated rings. The van der Waals surface area contributed by atoms with E-state index in [-0.39, 0.29) is 22.6 Å². The first-order chi connectivity index (χ1) is 13.7. The Hall–Kier alpha value is -3.00. The lowest BCUT2D eigenvalue weighted by atomic mass is 9.96. The van der Waals surface area contributed by atoms with E-state index in [1.165, 1.54) is 23.5 Å². The summed E-state index contributed by atoms with van der Waals surface area (Å²) in [6.07, 6.45) is 2.41. The molecule has 3 amide bonds. The van der Waals surface area contributed by atoms with E-state index in [0.717, 1.165) is 23.3 Å². The molecule has 150 valence electrons. The van der Waals surface area contributed by atoms with Crippen molar-refractivity contribution in [2.24, 2.45) is 5.41 Å². The predicted molar refractivity (Wildman–Crippen MR) is 107 cm³/mol. The number of carbonyl (C=O) groups excluding carboxylic acids is 4. The van der Waals surface area contributed by atoms with Crippen molar-refractivity contribution in [3.05, 3.63) is 51.4 Å². The topological polar surface area (TPSA) is 92.8 Å². The van der Waals surface area contributed by atoms with Crippen molar-refractivity contribution in [3.63, 3.8) is 0 Å². The zero-order valence-electron chi connectivity index (χ0n) is 16.3. The summed E-state index contributed by atoms with van der Waals surface area (Å²) in [5.74, 6) is -2.40. The van der Waals surface area contributed by atoms with E-state index >= 15 is 0 Å². The number of anilines is 1. The van der Waals surface area contributed by atoms with Crippen molar-refractivity contribution >= 4 is 40.0 Å². The number of hydrogen-bond donors (Lipinski definition) is 1. The summed E-state index contributed by atoms with van der Waals surface area (Å²) >= 11 is 1.35. The lowest BCUT2D eigenvalue weighted by molar-refractivity contribution is -0.123. The van der Waals surface area contributed by atoms with Crippen LogP contribution in [-0.2, 0) is 22.5 Å². The van der Waals surface area contributed by atoms with Crippen molar-refractivity contribution in [2.75, 3.05) is 5.32 Å². The molecule has 1 aliphatic carbocycles. The van der Waals surface area contributed by atoms with E-state index in [1.807, 2.05) is 0 Å². The summed E-state index contributed by atoms with van der Waals surface area (Å²) in [5, 5.41) is 3.72. The minimum absolute atomic E-state index is 0.196. The van der Waals surface area contributed by atoms with Gasteiger partial charge in [0.1, 0.15) is 10.6 Å². The van der Waals surface area contributed by atoms with Gasteiger partial charge in [0.25, 0.3) is 11.8 Å². The van der Waals surface area contributed by atoms with Crippen LogP contribution in [0, 0.1) is 5.41 Å². The SMILES string of the molecule is CC(C)(C)C(=O)Nc1sc2c(c1C(=O)ON1C(=O)c3ccccc3C1=O)CCC2. The molecule has 7 nitrogen and oxygen atoms in total. The fourth-order valence-corrected chi connectivity index (χ4v) is 4.65. The molecule has 2 heterocycles. The summed E-state index contributed by atoms with van der Waals surface area (Å²) in [6, 6.07) is 6.31. The highest BCUT2D eigenvalue weighted by Gasteiger charge is 2.40. The number of fused-ring (bicyclic) bond motifs is 2. The quantitative estimate of drug-likeness (QED) is 0.778. The Balaban J connectivity index is 1.64. The van der Waals surface area contributed by atoms with Crippen LogP contribution in [0.2, 0.25) is 0 Å². The number of thiophene rings is 1. The molecule has 2 aliphatic rings. The van der Waals surface area contributed by atoms with Gasteiger partial charge in [-0.2, -0.15) is 0 Å². The summed E-state index contributed by atoms with van der Waals surface area (Å²) in [5.41, 5.74) is 0.805. The van der Waals surface area contributed by atoms with Crippen LogP contribution < -0.4 is 5.32 Å². The maximum absolute atomic E-state index is 13.0. The summed E-state index contributed by atoms with van der Waals surface area (Å²) in [6.45, 7) is 5.33. The third-order valence-corrected chi connectivity index (χ3v) is 6.17. The molecule has 0 saturated carbocycles. The Bertz CT molecular complexity index is 1030. The van der Waals surface area contributed by atoms with Gasteiger partial charge in [-0.3, -0.25) is 14.4 Å². The number of nitrogens with one attached hydrogen (secondary N) is 1. The standard InChI is InChI=1S/C21H20N2O5S/c1-21(2,3)20(27)22-16-15(13-9-6-10-14(13)29-16)19(26)28-23-17(24)11-7-4-5-8-12(11)18(23)25/h4-5,7-8H,6,9-10H2,1-3H3,(H,22,27). The second-order valence-electron chi connectivity index (χ2n) is 8.09. The van der Waals surface area contributed by atoms with Crippen LogP contribution in [-0.4, -0.2) is 28.8 Å². The number of hydroxylamine groups is 2. The molecule has 4 rings (SSSR count). The molecular formula is C21H20N2O5S. The van der Waals surface area contributed by atoms with Crippen LogP contribution in [0.25, 0.3) is 0 Å². The molecule has 2 aromatic rings. The number of rotatable bonds is 3. The van der Waals surface area contributed by atoms with E-state index in [0.29, 0.717) is 16.5 Å². The van der Waals surface area contributed by atoms with E-state index in [2.05, 4.69) is 5.32 Å². The van der Waals surface area contributed by atoms with Crippen LogP contribution in [0.1, 0.15) is 68.7 Å². The first-order valence-electron chi connectivity index (χ1n) is 9.34. The largest absolute Gasteiger partial charge is 0.367 e. The van der Waals surface area contributed by atoms with Crippen LogP contribution in [0.4, 0.5) is 5.00 Å². The number of benzene rings is 1. The second kappa shape index (κ2) is 6.81. The van der Waals surface area contributed by atoms with E-state index in [1.54, 1.807) is 32.9 Å². The van der Waals surface area contributed by atoms with E-state index in [4.69, 9.17) is 4.84 Å². The number of nitrogens with zero attached hydrogens (tertiary/aromatic N) is 1. The molecule has 0 atom stereocenters. The van der Waals surface area contributed by atoms with Gasteiger partial charge in [0.15, 0.2) is 0 Å². The molecule has 1 aromatic heterocycles. The zero-order valence-corrected chi connectivity index (χ0v) is 17.1. The second-order valence-corrected chi connectivity index (χ2v) is 9.20. The molecule has 0 saturated heterocycles. The van der Waals surface area contributed by atoms with Gasteiger partial charge < -0.3 is 10.2 Å². The summed E-state index contributed by atoms with van der Waals surface area (Å²) in [7, 11) is 0. The van der Waals surface area contributed by atoms with Crippen molar-refractivity contribution < 1.29 is 24.0 Å². The van der Waals surface area contributed by atoms with Gasteiger partial charge >= 0.3 is 5.97 Å². The molecule has 1 aliphatic heterocycles. The van der Waals surface area contributed by atoms with Gasteiger partial charge in [0.05, 0.1) is 11.1 Å². The fraction of sp³-hybridized carbons (Fsp3) is 0.333. The van der Waals surface area contributed by atoms with Crippen molar-refractivity contribution in [3.8, 4) is 0 Å². The maximum Gasteiger partial charge on any atom is 0.367 e. The molecule has 29 heavy (non-hydrogen) atoms. The van der Waals surface area contributed by atoms with Crippen LogP contribution in [0.15, 0.2) is 24.3 Å². The number of amides is 3. The highest BCUT2D eigenvalue weighted by molar-refractivity contribution is 7.17. The lowest BCUT2D eigenvalue weighted by Crippen LogP contribution is -2.33. The molecule has 1 N–H and O–H groups in total. The van der Waals surface area contributed by atoms with Crippen LogP contribution >= 0.6 is 11.3 Å². The lowest BCUT2D eigenvalue weighted by Gasteiger charge is -2.18. The van der Waals surface area contributed by atoms with Gasteiger partial charge in [0.2, 0.25) is 5.91 Å². The third kappa shape index (κ3) is 3.23. The van der Waals surface area contributed by atoms with Gasteiger partial charge in [-0.25, -0.2) is 4.79 Å². The van der Waals surface area contributed by atoms with Gasteiger partial charge in [-0.05, 0) is 37.0 Å². The van der Waals surface area contributed by atoms with Crippen molar-refractivity contribution in [2.45, 2.75) is 40.0 Å². The normalized spacial score (nSPS) is 15.3. The Morgan fingerprint density at radius 2 is 1.69 bits per heavy atom. The molecular weight excluding hydrogens is 392 g/mol. The minimum atomic E-state index is -0.817. The first-order valence-corrected chi connectivity index (χ1v) is 10.2. The Morgan fingerprint density at radius 1 is 1.07 bits per heavy atom. The number of aryl methyl sites for hydroxylation is 1. The number of carbonyl (C=O) groups is 4. The average Bonchev–Trinajstić information content (AvgIpc) is 3.30. The fourth-order valence-electron chi connectivity index (χ4n) is 3.38. The van der Waals surface area contributed by atoms with Crippen molar-refractivity contribution in [1.82, 2.24) is 5.06 Å². The average molecular weight is 412 g/mol. The highest BCUT2D eigenvalue weighted by atomic mass is 32.1. The van der Waals surface area contributed by atoms with Crippen LogP contribution in [0.3, 0.4) is 0 Å². The van der Waals surface area contributed by atoms with Gasteiger partial charge in [-0.1, -0.05) is 38.0 Å². The smallest absolute Gasteiger partial charge is 0.324 e. The molecule has 0 radical (unpaired) electrons. The van der Waals surface area contributed by atoms with Gasteiger partial charge in [0, 0.05) is 10.3 Å². The molecule has 0 bridgehead atoms. The third-order valence-electron chi connectivity index (χ3n) is 4.96. The maximum atomic E-state index is 13.0. The number of imide groups is 1. The minimum Gasteiger partial charge on any atom is -0.324 e. The van der Waals surface area contributed by atoms with Crippen LogP contribution in [0.5, 0.6) is 0 Å². The molecule has 1 aromatic carbocycles. The van der Waals surface area contributed by atoms with Gasteiger partial charge in [-0.15, -0.1) is 11.3 Å². The Kier molecular flexibility index (Phi) is 4.53. The summed E-state index contributed by atoms with van der Waals surface area (Å²) < 4.78 is 0.